The third kappa shape index (κ3) is 19.3. The topological polar surface area (TPSA) is 78.9 Å². The minimum atomic E-state index is -5.23. The third-order valence-corrected chi connectivity index (χ3v) is 17.2. The predicted molar refractivity (Wildman–Crippen MR) is 227 cm³/mol. The van der Waals surface area contributed by atoms with E-state index in [1.807, 2.05) is 20.8 Å². The molecule has 0 aliphatic carbocycles. The Bertz CT molecular complexity index is 879. The van der Waals surface area contributed by atoms with Crippen LogP contribution >= 0.6 is 0 Å². The van der Waals surface area contributed by atoms with E-state index in [-0.39, 0.29) is 17.9 Å². The third-order valence-electron chi connectivity index (χ3n) is 12.4. The van der Waals surface area contributed by atoms with Crippen molar-refractivity contribution in [2.75, 3.05) is 0 Å². The second-order valence-electron chi connectivity index (χ2n) is 17.9. The summed E-state index contributed by atoms with van der Waals surface area (Å²) in [6, 6.07) is 0. The molecule has 0 aliphatic rings. The van der Waals surface area contributed by atoms with Gasteiger partial charge in [-0.1, -0.05) is 0 Å². The summed E-state index contributed by atoms with van der Waals surface area (Å²) in [5.41, 5.74) is -2.25. The molecular weight excluding hydrogens is 767 g/mol. The van der Waals surface area contributed by atoms with Crippen molar-refractivity contribution in [2.24, 2.45) is 34.0 Å². The van der Waals surface area contributed by atoms with Gasteiger partial charge in [-0.25, -0.2) is 0 Å². The molecular formula is C46H90O6Sn. The van der Waals surface area contributed by atoms with Gasteiger partial charge in [0.2, 0.25) is 0 Å². The van der Waals surface area contributed by atoms with E-state index in [9.17, 15) is 14.4 Å². The van der Waals surface area contributed by atoms with E-state index >= 15 is 0 Å². The maximum atomic E-state index is 14.7. The first-order valence-corrected chi connectivity index (χ1v) is 29.1. The maximum absolute atomic E-state index is 14.7. The van der Waals surface area contributed by atoms with E-state index in [0.717, 1.165) is 135 Å². The fourth-order valence-electron chi connectivity index (χ4n) is 8.24. The number of hydrogen-bond acceptors (Lipinski definition) is 6. The van der Waals surface area contributed by atoms with E-state index in [1.54, 1.807) is 4.94 Å². The first-order valence-electron chi connectivity index (χ1n) is 22.7. The van der Waals surface area contributed by atoms with E-state index in [4.69, 9.17) is 9.22 Å². The molecule has 0 N–H and O–H groups in total. The Morgan fingerprint density at radius 1 is 0.434 bits per heavy atom. The van der Waals surface area contributed by atoms with Crippen molar-refractivity contribution < 1.29 is 23.6 Å². The summed E-state index contributed by atoms with van der Waals surface area (Å²) in [4.78, 5) is 45.7. The van der Waals surface area contributed by atoms with Gasteiger partial charge in [0, 0.05) is 0 Å². The molecule has 0 aromatic heterocycles. The number of unbranched alkanes of at least 4 members (excludes halogenated alkanes) is 6. The Kier molecular flexibility index (Phi) is 27.3. The molecule has 6 atom stereocenters. The summed E-state index contributed by atoms with van der Waals surface area (Å²) in [5.74, 6) is 0.133. The van der Waals surface area contributed by atoms with Crippen LogP contribution in [-0.2, 0) is 23.6 Å². The number of rotatable bonds is 33. The van der Waals surface area contributed by atoms with Gasteiger partial charge in [-0.15, -0.1) is 0 Å². The molecule has 0 aromatic rings. The summed E-state index contributed by atoms with van der Waals surface area (Å²) in [6.07, 6.45) is 22.8. The van der Waals surface area contributed by atoms with Gasteiger partial charge in [-0.05, 0) is 0 Å². The first-order chi connectivity index (χ1) is 25.0. The molecule has 53 heavy (non-hydrogen) atoms. The molecule has 0 aliphatic heterocycles. The molecule has 0 fully saturated rings. The molecule has 0 rings (SSSR count). The summed E-state index contributed by atoms with van der Waals surface area (Å²) < 4.78 is 19.7. The Morgan fingerprint density at radius 3 is 0.849 bits per heavy atom. The van der Waals surface area contributed by atoms with Gasteiger partial charge in [0.05, 0.1) is 0 Å². The standard InChI is InChI=1S/3C15H30O2.CH3.Sn/c3*1-5-8-10-13(7-3)12-15(4,14(16)17)11-9-6-2;;/h3*13H,5-12H2,1-4H3,(H,16,17);1H3;/q;;;;+3/p-3. The van der Waals surface area contributed by atoms with Gasteiger partial charge >= 0.3 is 337 Å². The van der Waals surface area contributed by atoms with Crippen molar-refractivity contribution in [1.82, 2.24) is 0 Å². The fourth-order valence-corrected chi connectivity index (χ4v) is 13.6. The molecule has 0 bridgehead atoms. The average molecular weight is 858 g/mol. The predicted octanol–water partition coefficient (Wildman–Crippen LogP) is 14.6. The molecule has 0 spiro atoms. The second-order valence-corrected chi connectivity index (χ2v) is 24.6. The van der Waals surface area contributed by atoms with Gasteiger partial charge in [-0.3, -0.25) is 0 Å². The number of hydrogen-bond donors (Lipinski definition) is 0. The molecule has 0 radical (unpaired) electrons. The first kappa shape index (κ1) is 52.2. The zero-order valence-electron chi connectivity index (χ0n) is 37.7. The van der Waals surface area contributed by atoms with E-state index < -0.39 is 35.9 Å². The molecule has 0 heterocycles. The van der Waals surface area contributed by atoms with Crippen molar-refractivity contribution in [1.29, 1.82) is 0 Å². The van der Waals surface area contributed by atoms with Crippen LogP contribution in [0, 0.1) is 34.0 Å². The Hall–Kier alpha value is -0.791. The molecule has 6 nitrogen and oxygen atoms in total. The monoisotopic (exact) mass is 859 g/mol. The van der Waals surface area contributed by atoms with Crippen LogP contribution in [0.2, 0.25) is 4.94 Å². The summed E-state index contributed by atoms with van der Waals surface area (Å²) >= 11 is -5.23. The molecule has 0 saturated heterocycles. The average Bonchev–Trinajstić information content (AvgIpc) is 3.13. The summed E-state index contributed by atoms with van der Waals surface area (Å²) in [7, 11) is 0. The van der Waals surface area contributed by atoms with E-state index in [1.165, 1.54) is 0 Å². The molecule has 314 valence electrons. The number of carbonyl (C=O) groups is 3. The van der Waals surface area contributed by atoms with Crippen LogP contribution < -0.4 is 0 Å². The summed E-state index contributed by atoms with van der Waals surface area (Å²) in [5, 5.41) is 0. The van der Waals surface area contributed by atoms with Crippen molar-refractivity contribution >= 4 is 37.5 Å². The van der Waals surface area contributed by atoms with Gasteiger partial charge in [0.1, 0.15) is 0 Å². The summed E-state index contributed by atoms with van der Waals surface area (Å²) in [6.45, 7) is 25.8. The fraction of sp³-hybridized carbons (Fsp3) is 0.935. The van der Waals surface area contributed by atoms with Crippen LogP contribution in [0.4, 0.5) is 0 Å². The van der Waals surface area contributed by atoms with Gasteiger partial charge in [0.15, 0.2) is 0 Å². The molecule has 7 heteroatoms. The Balaban J connectivity index is 7.09. The van der Waals surface area contributed by atoms with Crippen LogP contribution in [0.15, 0.2) is 0 Å². The Labute approximate surface area is 335 Å². The van der Waals surface area contributed by atoms with Crippen molar-refractivity contribution in [3.63, 3.8) is 0 Å². The van der Waals surface area contributed by atoms with Gasteiger partial charge in [0.25, 0.3) is 0 Å². The van der Waals surface area contributed by atoms with Crippen LogP contribution in [0.3, 0.4) is 0 Å². The zero-order valence-corrected chi connectivity index (χ0v) is 40.5. The van der Waals surface area contributed by atoms with Crippen LogP contribution in [0.25, 0.3) is 0 Å². The quantitative estimate of drug-likeness (QED) is 0.0612. The molecule has 6 unspecified atom stereocenters. The number of carbonyl (C=O) groups excluding carboxylic acids is 3. The van der Waals surface area contributed by atoms with E-state index in [0.29, 0.717) is 37.0 Å². The zero-order chi connectivity index (χ0) is 40.6. The normalized spacial score (nSPS) is 18.1. The minimum absolute atomic E-state index is 0.353. The second kappa shape index (κ2) is 27.7. The van der Waals surface area contributed by atoms with Crippen LogP contribution in [-0.4, -0.2) is 37.5 Å². The van der Waals surface area contributed by atoms with Gasteiger partial charge in [-0.2, -0.15) is 0 Å². The van der Waals surface area contributed by atoms with Gasteiger partial charge < -0.3 is 0 Å². The molecule has 0 saturated carbocycles. The molecule has 0 aromatic carbocycles. The SMILES string of the molecule is CCCCC(CC)CC(C)(CCCC)C(=O)[O][Sn]([CH3])([O]C(=O)C(C)(CCCC)CC(CC)CCCC)[O]C(=O)C(C)(CCCC)CC(CC)CCCC. The van der Waals surface area contributed by atoms with Crippen molar-refractivity contribution in [2.45, 2.75) is 242 Å². The molecule has 0 amide bonds. The van der Waals surface area contributed by atoms with Crippen molar-refractivity contribution in [3.05, 3.63) is 0 Å². The van der Waals surface area contributed by atoms with Crippen LogP contribution in [0.1, 0.15) is 237 Å². The van der Waals surface area contributed by atoms with E-state index in [2.05, 4.69) is 62.3 Å². The Morgan fingerprint density at radius 2 is 0.660 bits per heavy atom. The van der Waals surface area contributed by atoms with Crippen molar-refractivity contribution in [3.8, 4) is 0 Å². The van der Waals surface area contributed by atoms with Crippen LogP contribution in [0.5, 0.6) is 0 Å².